The van der Waals surface area contributed by atoms with E-state index < -0.39 is 45.7 Å². The van der Waals surface area contributed by atoms with Crippen LogP contribution < -0.4 is 10.6 Å². The molecule has 0 radical (unpaired) electrons. The van der Waals surface area contributed by atoms with Gasteiger partial charge >= 0.3 is 0 Å². The number of pyridine rings is 1. The van der Waals surface area contributed by atoms with Crippen LogP contribution in [0.4, 0.5) is 0 Å². The molecule has 2 fully saturated rings. The minimum atomic E-state index is -4.00. The van der Waals surface area contributed by atoms with Gasteiger partial charge in [-0.3, -0.25) is 14.4 Å². The predicted octanol–water partition coefficient (Wildman–Crippen LogP) is 4.60. The van der Waals surface area contributed by atoms with Gasteiger partial charge in [0.25, 0.3) is 15.9 Å². The maximum atomic E-state index is 13.6. The van der Waals surface area contributed by atoms with E-state index in [0.29, 0.717) is 29.2 Å². The number of carbonyl (C=O) groups excluding carboxylic acids is 3. The van der Waals surface area contributed by atoms with Gasteiger partial charge in [0.1, 0.15) is 11.8 Å². The Balaban J connectivity index is 1.29. The van der Waals surface area contributed by atoms with Crippen molar-refractivity contribution in [2.24, 2.45) is 5.92 Å². The first-order chi connectivity index (χ1) is 20.6. The topological polar surface area (TPSA) is 139 Å². The number of sulfonamides is 1. The summed E-state index contributed by atoms with van der Waals surface area (Å²) < 4.78 is 33.4. The summed E-state index contributed by atoms with van der Waals surface area (Å²) >= 11 is 6.09. The normalized spacial score (nSPS) is 20.8. The molecule has 3 heterocycles. The number of hydrogen-bond acceptors (Lipinski definition) is 7. The summed E-state index contributed by atoms with van der Waals surface area (Å²) in [6, 6.07) is 12.6. The second kappa shape index (κ2) is 13.4. The number of nitrogens with one attached hydrogen (secondary N) is 2. The van der Waals surface area contributed by atoms with Crippen molar-refractivity contribution in [3.05, 3.63) is 71.6 Å². The molecular weight excluding hydrogens is 592 g/mol. The Hall–Kier alpha value is -3.54. The number of nitrogens with zero attached hydrogens (tertiary/aromatic N) is 2. The molecule has 2 N–H and O–H groups in total. The van der Waals surface area contributed by atoms with E-state index in [1.165, 1.54) is 12.3 Å². The fourth-order valence-electron chi connectivity index (χ4n) is 5.80. The summed E-state index contributed by atoms with van der Waals surface area (Å²) in [5, 5.41) is 6.05. The zero-order chi connectivity index (χ0) is 30.6. The minimum absolute atomic E-state index is 0.0499. The van der Waals surface area contributed by atoms with E-state index in [-0.39, 0.29) is 29.7 Å². The Morgan fingerprint density at radius 3 is 2.58 bits per heavy atom. The third-order valence-electron chi connectivity index (χ3n) is 8.20. The average molecular weight is 627 g/mol. The Morgan fingerprint density at radius 1 is 1.07 bits per heavy atom. The smallest absolute Gasteiger partial charge is 0.287 e. The molecule has 1 aliphatic carbocycles. The lowest BCUT2D eigenvalue weighted by Gasteiger charge is -2.25. The van der Waals surface area contributed by atoms with Crippen molar-refractivity contribution in [3.63, 3.8) is 0 Å². The summed E-state index contributed by atoms with van der Waals surface area (Å²) in [6.07, 6.45) is 6.49. The summed E-state index contributed by atoms with van der Waals surface area (Å²) in [5.41, 5.74) is 0.715. The van der Waals surface area contributed by atoms with E-state index in [1.807, 2.05) is 6.07 Å². The maximum absolute atomic E-state index is 13.6. The van der Waals surface area contributed by atoms with Crippen molar-refractivity contribution in [1.82, 2.24) is 19.9 Å². The Morgan fingerprint density at radius 2 is 1.86 bits per heavy atom. The predicted molar refractivity (Wildman–Crippen MR) is 161 cm³/mol. The van der Waals surface area contributed by atoms with Gasteiger partial charge < -0.3 is 15.1 Å². The van der Waals surface area contributed by atoms with Gasteiger partial charge in [0.05, 0.1) is 12.6 Å². The van der Waals surface area contributed by atoms with Crippen molar-refractivity contribution < 1.29 is 27.2 Å². The van der Waals surface area contributed by atoms with E-state index >= 15 is 0 Å². The Kier molecular flexibility index (Phi) is 9.63. The van der Waals surface area contributed by atoms with Crippen molar-refractivity contribution in [2.75, 3.05) is 6.54 Å². The van der Waals surface area contributed by atoms with Gasteiger partial charge in [0, 0.05) is 22.8 Å². The molecule has 0 bridgehead atoms. The van der Waals surface area contributed by atoms with Gasteiger partial charge in [-0.2, -0.15) is 4.31 Å². The highest BCUT2D eigenvalue weighted by Gasteiger charge is 2.38. The summed E-state index contributed by atoms with van der Waals surface area (Å²) in [4.78, 5) is 44.1. The molecule has 1 saturated carbocycles. The maximum Gasteiger partial charge on any atom is 0.287 e. The number of amides is 2. The van der Waals surface area contributed by atoms with E-state index in [0.717, 1.165) is 30.0 Å². The number of Topliss-reactive ketones (excluding diaryl/α,β-unsaturated/α-hetero) is 1. The molecule has 3 aromatic rings. The first-order valence-corrected chi connectivity index (χ1v) is 16.4. The lowest BCUT2D eigenvalue weighted by molar-refractivity contribution is -0.129. The molecule has 228 valence electrons. The summed E-state index contributed by atoms with van der Waals surface area (Å²) in [6.45, 7) is 1.35. The quantitative estimate of drug-likeness (QED) is 0.354. The number of aromatic nitrogens is 1. The molecule has 1 aliphatic heterocycles. The van der Waals surface area contributed by atoms with Crippen LogP contribution >= 0.6 is 11.6 Å². The highest BCUT2D eigenvalue weighted by molar-refractivity contribution is 7.89. The number of halogens is 1. The van der Waals surface area contributed by atoms with Crippen LogP contribution in [-0.2, 0) is 19.6 Å². The SMILES string of the molecule is C[C@@H]1CC[C@H](NC(=O)[C@H](CC2CCCC2)NC(=O)c2ccc(-c3cccc(Cl)c3)o2)C(=O)CN1S(=O)(=O)c1ccccn1. The molecule has 2 aliphatic rings. The van der Waals surface area contributed by atoms with Crippen molar-refractivity contribution in [1.29, 1.82) is 0 Å². The number of benzene rings is 1. The Labute approximate surface area is 256 Å². The molecular formula is C31H35ClN4O6S. The van der Waals surface area contributed by atoms with Crippen LogP contribution in [0, 0.1) is 5.92 Å². The van der Waals surface area contributed by atoms with Crippen molar-refractivity contribution in [3.8, 4) is 11.3 Å². The first kappa shape index (κ1) is 30.9. The van der Waals surface area contributed by atoms with Crippen molar-refractivity contribution >= 4 is 39.2 Å². The zero-order valence-corrected chi connectivity index (χ0v) is 25.4. The highest BCUT2D eigenvalue weighted by atomic mass is 35.5. The number of carbonyl (C=O) groups is 3. The van der Waals surface area contributed by atoms with Crippen LogP contribution in [0.15, 0.2) is 70.2 Å². The second-order valence-electron chi connectivity index (χ2n) is 11.3. The number of rotatable bonds is 9. The van der Waals surface area contributed by atoms with Gasteiger partial charge in [-0.05, 0) is 68.5 Å². The molecule has 5 rings (SSSR count). The average Bonchev–Trinajstić information content (AvgIpc) is 3.68. The van der Waals surface area contributed by atoms with Crippen LogP contribution in [0.25, 0.3) is 11.3 Å². The molecule has 2 aromatic heterocycles. The standard InChI is InChI=1S/C31H35ClN4O6S/c1-20-12-13-24(26(37)19-36(20)43(40,41)29-11-4-5-16-33-29)34-30(38)25(17-21-7-2-3-8-21)35-31(39)28-15-14-27(42-28)22-9-6-10-23(32)18-22/h4-6,9-11,14-16,18,20-21,24-25H,2-3,7-8,12-13,17,19H2,1H3,(H,34,38)(H,35,39)/t20-,24+,25+/m1/s1. The molecule has 43 heavy (non-hydrogen) atoms. The fraction of sp³-hybridized carbons (Fsp3) is 0.419. The van der Waals surface area contributed by atoms with Gasteiger partial charge in [-0.1, -0.05) is 55.5 Å². The third kappa shape index (κ3) is 7.34. The Bertz CT molecular complexity index is 1570. The summed E-state index contributed by atoms with van der Waals surface area (Å²) in [5.74, 6) is -0.658. The number of ketones is 1. The molecule has 10 nitrogen and oxygen atoms in total. The second-order valence-corrected chi connectivity index (χ2v) is 13.5. The third-order valence-corrected chi connectivity index (χ3v) is 10.3. The van der Waals surface area contributed by atoms with E-state index in [9.17, 15) is 22.8 Å². The van der Waals surface area contributed by atoms with E-state index in [2.05, 4.69) is 15.6 Å². The molecule has 1 aromatic carbocycles. The molecule has 3 atom stereocenters. The largest absolute Gasteiger partial charge is 0.451 e. The van der Waals surface area contributed by atoms with Crippen LogP contribution in [0.2, 0.25) is 5.02 Å². The van der Waals surface area contributed by atoms with Gasteiger partial charge in [0.15, 0.2) is 16.6 Å². The molecule has 2 amide bonds. The zero-order valence-electron chi connectivity index (χ0n) is 23.9. The van der Waals surface area contributed by atoms with Crippen LogP contribution in [0.5, 0.6) is 0 Å². The number of hydrogen-bond donors (Lipinski definition) is 2. The summed E-state index contributed by atoms with van der Waals surface area (Å²) in [7, 11) is -4.00. The monoisotopic (exact) mass is 626 g/mol. The van der Waals surface area contributed by atoms with Gasteiger partial charge in [-0.25, -0.2) is 13.4 Å². The van der Waals surface area contributed by atoms with Gasteiger partial charge in [-0.15, -0.1) is 0 Å². The molecule has 12 heteroatoms. The van der Waals surface area contributed by atoms with Gasteiger partial charge in [0.2, 0.25) is 5.91 Å². The van der Waals surface area contributed by atoms with Crippen LogP contribution in [0.1, 0.15) is 62.4 Å². The minimum Gasteiger partial charge on any atom is -0.451 e. The highest BCUT2D eigenvalue weighted by Crippen LogP contribution is 2.30. The fourth-order valence-corrected chi connectivity index (χ4v) is 7.55. The van der Waals surface area contributed by atoms with E-state index in [1.54, 1.807) is 49.4 Å². The van der Waals surface area contributed by atoms with Crippen LogP contribution in [-0.4, -0.2) is 60.0 Å². The lowest BCUT2D eigenvalue weighted by atomic mass is 9.97. The van der Waals surface area contributed by atoms with E-state index in [4.69, 9.17) is 16.0 Å². The first-order valence-electron chi connectivity index (χ1n) is 14.5. The number of furan rings is 1. The molecule has 1 saturated heterocycles. The molecule has 0 unspecified atom stereocenters. The van der Waals surface area contributed by atoms with Crippen molar-refractivity contribution in [2.45, 2.75) is 75.0 Å². The molecule has 0 spiro atoms. The van der Waals surface area contributed by atoms with Crippen LogP contribution in [0.3, 0.4) is 0 Å². The lowest BCUT2D eigenvalue weighted by Crippen LogP contribution is -2.52.